The molecule has 0 saturated heterocycles. The predicted octanol–water partition coefficient (Wildman–Crippen LogP) is 0.344. The summed E-state index contributed by atoms with van der Waals surface area (Å²) in [6, 6.07) is 0. The Morgan fingerprint density at radius 3 is 1.92 bits per heavy atom. The van der Waals surface area contributed by atoms with Gasteiger partial charge in [-0.3, -0.25) is 0 Å². The predicted molar refractivity (Wildman–Crippen MR) is 37.1 cm³/mol. The molecule has 5 nitrogen and oxygen atoms in total. The Kier molecular flexibility index (Phi) is 2.14. The standard InChI is InChI=1S/C7H6O5/c8-6(9)4-2-1-3-5(12-4)7(10)11/h2-3H,1H2,(H,8,9)(H,10,11). The van der Waals surface area contributed by atoms with E-state index in [2.05, 4.69) is 4.74 Å². The number of carboxylic acid groups (broad SMARTS) is 2. The van der Waals surface area contributed by atoms with Gasteiger partial charge in [-0.05, 0) is 18.6 Å². The monoisotopic (exact) mass is 170 g/mol. The second kappa shape index (κ2) is 3.08. The van der Waals surface area contributed by atoms with E-state index in [0.29, 0.717) is 0 Å². The Hall–Kier alpha value is -1.78. The van der Waals surface area contributed by atoms with Crippen LogP contribution in [0.1, 0.15) is 6.42 Å². The van der Waals surface area contributed by atoms with Gasteiger partial charge in [-0.1, -0.05) is 0 Å². The van der Waals surface area contributed by atoms with Crippen molar-refractivity contribution in [2.45, 2.75) is 6.42 Å². The lowest BCUT2D eigenvalue weighted by Crippen LogP contribution is -2.12. The van der Waals surface area contributed by atoms with Crippen LogP contribution in [0.25, 0.3) is 0 Å². The highest BCUT2D eigenvalue weighted by molar-refractivity contribution is 5.89. The van der Waals surface area contributed by atoms with Gasteiger partial charge in [0.1, 0.15) is 0 Å². The zero-order valence-corrected chi connectivity index (χ0v) is 5.98. The van der Waals surface area contributed by atoms with Crippen molar-refractivity contribution < 1.29 is 24.5 Å². The molecule has 12 heavy (non-hydrogen) atoms. The average Bonchev–Trinajstić information content (AvgIpc) is 2.04. The lowest BCUT2D eigenvalue weighted by molar-refractivity contribution is -0.139. The van der Waals surface area contributed by atoms with E-state index in [1.165, 1.54) is 12.2 Å². The summed E-state index contributed by atoms with van der Waals surface area (Å²) in [6.07, 6.45) is 2.87. The molecule has 0 unspecified atom stereocenters. The largest absolute Gasteiger partial charge is 0.475 e. The molecule has 64 valence electrons. The van der Waals surface area contributed by atoms with E-state index in [4.69, 9.17) is 10.2 Å². The molecular weight excluding hydrogens is 164 g/mol. The summed E-state index contributed by atoms with van der Waals surface area (Å²) in [5.74, 6) is -3.20. The number of aliphatic carboxylic acids is 2. The maximum Gasteiger partial charge on any atom is 0.371 e. The van der Waals surface area contributed by atoms with E-state index >= 15 is 0 Å². The molecule has 0 aromatic carbocycles. The van der Waals surface area contributed by atoms with E-state index in [1.54, 1.807) is 0 Å². The summed E-state index contributed by atoms with van der Waals surface area (Å²) in [4.78, 5) is 20.6. The third-order valence-electron chi connectivity index (χ3n) is 1.25. The molecule has 1 aliphatic rings. The minimum Gasteiger partial charge on any atom is -0.475 e. The first-order valence-electron chi connectivity index (χ1n) is 3.16. The van der Waals surface area contributed by atoms with Crippen LogP contribution in [0, 0.1) is 0 Å². The van der Waals surface area contributed by atoms with E-state index in [9.17, 15) is 9.59 Å². The number of hydrogen-bond donors (Lipinski definition) is 2. The van der Waals surface area contributed by atoms with Gasteiger partial charge in [-0.2, -0.15) is 0 Å². The van der Waals surface area contributed by atoms with Crippen molar-refractivity contribution in [1.82, 2.24) is 0 Å². The first-order valence-corrected chi connectivity index (χ1v) is 3.16. The van der Waals surface area contributed by atoms with Gasteiger partial charge in [0.05, 0.1) is 0 Å². The SMILES string of the molecule is O=C(O)C1=CCC=C(C(=O)O)O1. The van der Waals surface area contributed by atoms with Gasteiger partial charge in [0.25, 0.3) is 0 Å². The highest BCUT2D eigenvalue weighted by Crippen LogP contribution is 2.14. The number of rotatable bonds is 2. The summed E-state index contributed by atoms with van der Waals surface area (Å²) in [7, 11) is 0. The Morgan fingerprint density at radius 1 is 1.17 bits per heavy atom. The quantitative estimate of drug-likeness (QED) is 0.624. The van der Waals surface area contributed by atoms with Crippen LogP contribution in [-0.4, -0.2) is 22.2 Å². The summed E-state index contributed by atoms with van der Waals surface area (Å²) in [6.45, 7) is 0. The first kappa shape index (κ1) is 8.32. The Labute approximate surface area is 67.6 Å². The van der Waals surface area contributed by atoms with Gasteiger partial charge in [0.2, 0.25) is 11.5 Å². The third kappa shape index (κ3) is 1.63. The van der Waals surface area contributed by atoms with Crippen LogP contribution < -0.4 is 0 Å². The maximum absolute atomic E-state index is 10.3. The van der Waals surface area contributed by atoms with Crippen LogP contribution in [0.3, 0.4) is 0 Å². The van der Waals surface area contributed by atoms with Crippen LogP contribution in [0.15, 0.2) is 23.7 Å². The van der Waals surface area contributed by atoms with Crippen molar-refractivity contribution in [3.05, 3.63) is 23.7 Å². The van der Waals surface area contributed by atoms with Gasteiger partial charge in [0, 0.05) is 0 Å². The fourth-order valence-corrected chi connectivity index (χ4v) is 0.737. The van der Waals surface area contributed by atoms with Crippen LogP contribution in [-0.2, 0) is 14.3 Å². The van der Waals surface area contributed by atoms with Gasteiger partial charge in [-0.15, -0.1) is 0 Å². The zero-order valence-electron chi connectivity index (χ0n) is 5.98. The maximum atomic E-state index is 10.3. The lowest BCUT2D eigenvalue weighted by Gasteiger charge is -2.09. The summed E-state index contributed by atoms with van der Waals surface area (Å²) in [5.41, 5.74) is 0. The van der Waals surface area contributed by atoms with Crippen molar-refractivity contribution in [3.8, 4) is 0 Å². The van der Waals surface area contributed by atoms with Crippen LogP contribution in [0.4, 0.5) is 0 Å². The fraction of sp³-hybridized carbons (Fsp3) is 0.143. The first-order chi connectivity index (χ1) is 5.61. The number of carboxylic acids is 2. The number of hydrogen-bond acceptors (Lipinski definition) is 3. The molecule has 0 fully saturated rings. The van der Waals surface area contributed by atoms with Gasteiger partial charge < -0.3 is 14.9 Å². The molecule has 0 bridgehead atoms. The second-order valence-electron chi connectivity index (χ2n) is 2.08. The average molecular weight is 170 g/mol. The molecule has 0 atom stereocenters. The molecule has 2 N–H and O–H groups in total. The van der Waals surface area contributed by atoms with E-state index in [0.717, 1.165) is 0 Å². The van der Waals surface area contributed by atoms with Crippen LogP contribution >= 0.6 is 0 Å². The van der Waals surface area contributed by atoms with Crippen molar-refractivity contribution in [1.29, 1.82) is 0 Å². The molecule has 0 saturated carbocycles. The summed E-state index contributed by atoms with van der Waals surface area (Å²) in [5, 5.41) is 16.8. The molecule has 1 heterocycles. The normalized spacial score (nSPS) is 15.7. The van der Waals surface area contributed by atoms with E-state index in [1.807, 2.05) is 0 Å². The van der Waals surface area contributed by atoms with Crippen molar-refractivity contribution in [2.24, 2.45) is 0 Å². The molecule has 1 aliphatic heterocycles. The lowest BCUT2D eigenvalue weighted by atomic mass is 10.2. The molecular formula is C7H6O5. The third-order valence-corrected chi connectivity index (χ3v) is 1.25. The molecule has 0 aromatic heterocycles. The number of allylic oxidation sites excluding steroid dienone is 2. The smallest absolute Gasteiger partial charge is 0.371 e. The van der Waals surface area contributed by atoms with Gasteiger partial charge in [0.15, 0.2) is 0 Å². The second-order valence-corrected chi connectivity index (χ2v) is 2.08. The number of carbonyl (C=O) groups is 2. The van der Waals surface area contributed by atoms with Gasteiger partial charge in [-0.25, -0.2) is 9.59 Å². The minimum absolute atomic E-state index is 0.267. The molecule has 0 aromatic rings. The van der Waals surface area contributed by atoms with E-state index < -0.39 is 11.9 Å². The summed E-state index contributed by atoms with van der Waals surface area (Å²) < 4.78 is 4.53. The van der Waals surface area contributed by atoms with Crippen molar-refractivity contribution >= 4 is 11.9 Å². The molecule has 0 radical (unpaired) electrons. The molecule has 0 aliphatic carbocycles. The van der Waals surface area contributed by atoms with Crippen LogP contribution in [0.5, 0.6) is 0 Å². The number of ether oxygens (including phenoxy) is 1. The Morgan fingerprint density at radius 2 is 1.58 bits per heavy atom. The van der Waals surface area contributed by atoms with Crippen LogP contribution in [0.2, 0.25) is 0 Å². The molecule has 5 heteroatoms. The minimum atomic E-state index is -1.26. The Balaban J connectivity index is 2.73. The topological polar surface area (TPSA) is 83.8 Å². The highest BCUT2D eigenvalue weighted by atomic mass is 16.5. The van der Waals surface area contributed by atoms with Crippen molar-refractivity contribution in [2.75, 3.05) is 0 Å². The molecule has 0 amide bonds. The Bertz CT molecular complexity index is 258. The van der Waals surface area contributed by atoms with Crippen molar-refractivity contribution in [3.63, 3.8) is 0 Å². The zero-order chi connectivity index (χ0) is 9.14. The fourth-order valence-electron chi connectivity index (χ4n) is 0.737. The summed E-state index contributed by atoms with van der Waals surface area (Å²) >= 11 is 0. The highest BCUT2D eigenvalue weighted by Gasteiger charge is 2.18. The molecule has 0 spiro atoms. The van der Waals surface area contributed by atoms with E-state index in [-0.39, 0.29) is 17.9 Å². The molecule has 1 rings (SSSR count). The van der Waals surface area contributed by atoms with Gasteiger partial charge >= 0.3 is 11.9 Å².